The van der Waals surface area contributed by atoms with Crippen LogP contribution in [0.1, 0.15) is 23.2 Å². The molecule has 0 bridgehead atoms. The van der Waals surface area contributed by atoms with E-state index >= 15 is 0 Å². The van der Waals surface area contributed by atoms with Crippen molar-refractivity contribution in [3.05, 3.63) is 23.8 Å². The normalized spacial score (nSPS) is 14.8. The van der Waals surface area contributed by atoms with Crippen molar-refractivity contribution in [1.82, 2.24) is 15.1 Å². The van der Waals surface area contributed by atoms with Crippen LogP contribution in [-0.2, 0) is 9.59 Å². The Bertz CT molecular complexity index is 650. The molecule has 0 saturated carbocycles. The fraction of sp³-hybridized carbons (Fsp3) is 0.471. The van der Waals surface area contributed by atoms with Gasteiger partial charge in [0.05, 0.1) is 6.54 Å². The number of carbonyl (C=O) groups excluding carboxylic acids is 2. The van der Waals surface area contributed by atoms with E-state index in [1.54, 1.807) is 9.80 Å². The monoisotopic (exact) mass is 365 g/mol. The van der Waals surface area contributed by atoms with E-state index in [-0.39, 0.29) is 35.9 Å². The number of benzene rings is 1. The molecule has 4 N–H and O–H groups in total. The molecule has 0 unspecified atom stereocenters. The van der Waals surface area contributed by atoms with Crippen LogP contribution in [0.3, 0.4) is 0 Å². The number of carbonyl (C=O) groups is 3. The summed E-state index contributed by atoms with van der Waals surface area (Å²) in [5, 5.41) is 30.1. The number of phenols is 2. The Labute approximate surface area is 150 Å². The first kappa shape index (κ1) is 19.5. The van der Waals surface area contributed by atoms with Crippen molar-refractivity contribution in [2.75, 3.05) is 39.3 Å². The third-order valence-corrected chi connectivity index (χ3v) is 4.10. The maximum Gasteiger partial charge on any atom is 0.317 e. The second kappa shape index (κ2) is 9.04. The van der Waals surface area contributed by atoms with E-state index in [4.69, 9.17) is 5.11 Å². The Hall–Kier alpha value is -2.81. The molecule has 2 rings (SSSR count). The van der Waals surface area contributed by atoms with Crippen molar-refractivity contribution >= 4 is 17.8 Å². The second-order valence-electron chi connectivity index (χ2n) is 6.15. The molecular weight excluding hydrogens is 342 g/mol. The minimum absolute atomic E-state index is 0.0152. The van der Waals surface area contributed by atoms with Crippen LogP contribution in [0.4, 0.5) is 0 Å². The molecule has 26 heavy (non-hydrogen) atoms. The number of amides is 2. The number of hydrogen-bond donors (Lipinski definition) is 4. The highest BCUT2D eigenvalue weighted by Crippen LogP contribution is 2.20. The van der Waals surface area contributed by atoms with Gasteiger partial charge in [-0.15, -0.1) is 0 Å². The smallest absolute Gasteiger partial charge is 0.317 e. The Balaban J connectivity index is 1.67. The van der Waals surface area contributed by atoms with E-state index < -0.39 is 11.9 Å². The average molecular weight is 365 g/mol. The predicted octanol–water partition coefficient (Wildman–Crippen LogP) is -0.163. The van der Waals surface area contributed by atoms with E-state index in [1.807, 2.05) is 0 Å². The molecule has 9 heteroatoms. The SMILES string of the molecule is O=C(O)CN1CCN(C(=O)CCCNC(=O)c2cc(O)cc(O)c2)CC1. The number of piperazine rings is 1. The Morgan fingerprint density at radius 1 is 1.00 bits per heavy atom. The Kier molecular flexibility index (Phi) is 6.79. The van der Waals surface area contributed by atoms with E-state index in [2.05, 4.69) is 5.32 Å². The summed E-state index contributed by atoms with van der Waals surface area (Å²) < 4.78 is 0. The van der Waals surface area contributed by atoms with Gasteiger partial charge in [-0.05, 0) is 18.6 Å². The molecule has 1 heterocycles. The molecule has 2 amide bonds. The minimum atomic E-state index is -0.874. The molecule has 1 aromatic rings. The zero-order valence-corrected chi connectivity index (χ0v) is 14.3. The highest BCUT2D eigenvalue weighted by atomic mass is 16.4. The average Bonchev–Trinajstić information content (AvgIpc) is 2.57. The van der Waals surface area contributed by atoms with Gasteiger partial charge in [0.2, 0.25) is 5.91 Å². The van der Waals surface area contributed by atoms with Gasteiger partial charge in [0.1, 0.15) is 11.5 Å². The molecule has 0 spiro atoms. The van der Waals surface area contributed by atoms with Crippen molar-refractivity contribution in [2.24, 2.45) is 0 Å². The molecule has 1 aliphatic rings. The van der Waals surface area contributed by atoms with Gasteiger partial charge in [0, 0.05) is 50.8 Å². The van der Waals surface area contributed by atoms with Crippen LogP contribution in [0, 0.1) is 0 Å². The van der Waals surface area contributed by atoms with Crippen LogP contribution in [0.15, 0.2) is 18.2 Å². The third-order valence-electron chi connectivity index (χ3n) is 4.10. The number of aromatic hydroxyl groups is 2. The molecule has 0 aromatic heterocycles. The fourth-order valence-electron chi connectivity index (χ4n) is 2.77. The van der Waals surface area contributed by atoms with Crippen molar-refractivity contribution in [3.63, 3.8) is 0 Å². The fourth-order valence-corrected chi connectivity index (χ4v) is 2.77. The van der Waals surface area contributed by atoms with Gasteiger partial charge >= 0.3 is 5.97 Å². The maximum absolute atomic E-state index is 12.1. The number of rotatable bonds is 7. The lowest BCUT2D eigenvalue weighted by Crippen LogP contribution is -2.49. The first-order valence-electron chi connectivity index (χ1n) is 8.38. The Morgan fingerprint density at radius 3 is 2.19 bits per heavy atom. The molecule has 9 nitrogen and oxygen atoms in total. The summed E-state index contributed by atoms with van der Waals surface area (Å²) in [6, 6.07) is 3.62. The molecule has 1 aromatic carbocycles. The largest absolute Gasteiger partial charge is 0.508 e. The Morgan fingerprint density at radius 2 is 1.62 bits per heavy atom. The van der Waals surface area contributed by atoms with Gasteiger partial charge in [-0.1, -0.05) is 0 Å². The zero-order chi connectivity index (χ0) is 19.1. The molecule has 0 radical (unpaired) electrons. The molecule has 1 saturated heterocycles. The second-order valence-corrected chi connectivity index (χ2v) is 6.15. The minimum Gasteiger partial charge on any atom is -0.508 e. The van der Waals surface area contributed by atoms with Crippen LogP contribution < -0.4 is 5.32 Å². The van der Waals surface area contributed by atoms with Crippen LogP contribution >= 0.6 is 0 Å². The van der Waals surface area contributed by atoms with E-state index in [9.17, 15) is 24.6 Å². The lowest BCUT2D eigenvalue weighted by atomic mass is 10.2. The van der Waals surface area contributed by atoms with Gasteiger partial charge in [-0.3, -0.25) is 19.3 Å². The maximum atomic E-state index is 12.1. The summed E-state index contributed by atoms with van der Waals surface area (Å²) in [5.41, 5.74) is 0.142. The van der Waals surface area contributed by atoms with Gasteiger partial charge in [-0.25, -0.2) is 0 Å². The topological polar surface area (TPSA) is 130 Å². The van der Waals surface area contributed by atoms with Crippen LogP contribution in [0.2, 0.25) is 0 Å². The first-order valence-corrected chi connectivity index (χ1v) is 8.38. The van der Waals surface area contributed by atoms with Crippen molar-refractivity contribution in [1.29, 1.82) is 0 Å². The number of aliphatic carboxylic acids is 1. The number of carboxylic acid groups (broad SMARTS) is 1. The van der Waals surface area contributed by atoms with Crippen LogP contribution in [-0.4, -0.2) is 82.2 Å². The number of hydrogen-bond acceptors (Lipinski definition) is 6. The lowest BCUT2D eigenvalue weighted by Gasteiger charge is -2.33. The van der Waals surface area contributed by atoms with Crippen molar-refractivity contribution in [3.8, 4) is 11.5 Å². The summed E-state index contributed by atoms with van der Waals surface area (Å²) in [6.07, 6.45) is 0.745. The summed E-state index contributed by atoms with van der Waals surface area (Å²) in [6.45, 7) is 2.35. The highest BCUT2D eigenvalue weighted by molar-refractivity contribution is 5.95. The number of carboxylic acids is 1. The highest BCUT2D eigenvalue weighted by Gasteiger charge is 2.21. The molecule has 1 aliphatic heterocycles. The number of nitrogens with zero attached hydrogens (tertiary/aromatic N) is 2. The molecular formula is C17H23N3O6. The standard InChI is InChI=1S/C17H23N3O6/c21-13-8-12(9-14(22)10-13)17(26)18-3-1-2-15(23)20-6-4-19(5-7-20)11-16(24)25/h8-10,21-22H,1-7,11H2,(H,18,26)(H,24,25). The number of phenolic OH excluding ortho intramolecular Hbond substituents is 2. The van der Waals surface area contributed by atoms with Gasteiger partial charge in [0.15, 0.2) is 0 Å². The summed E-state index contributed by atoms with van der Waals surface area (Å²) in [7, 11) is 0. The van der Waals surface area contributed by atoms with Crippen LogP contribution in [0.5, 0.6) is 11.5 Å². The van der Waals surface area contributed by atoms with Gasteiger partial charge in [-0.2, -0.15) is 0 Å². The quantitative estimate of drug-likeness (QED) is 0.494. The third kappa shape index (κ3) is 5.92. The van der Waals surface area contributed by atoms with Crippen molar-refractivity contribution < 1.29 is 29.7 Å². The predicted molar refractivity (Wildman–Crippen MR) is 92.0 cm³/mol. The first-order chi connectivity index (χ1) is 12.3. The van der Waals surface area contributed by atoms with E-state index in [0.29, 0.717) is 39.1 Å². The summed E-state index contributed by atoms with van der Waals surface area (Å²) in [4.78, 5) is 38.2. The summed E-state index contributed by atoms with van der Waals surface area (Å²) >= 11 is 0. The zero-order valence-electron chi connectivity index (χ0n) is 14.3. The van der Waals surface area contributed by atoms with Crippen LogP contribution in [0.25, 0.3) is 0 Å². The molecule has 0 aliphatic carbocycles. The van der Waals surface area contributed by atoms with E-state index in [0.717, 1.165) is 6.07 Å². The summed E-state index contributed by atoms with van der Waals surface area (Å²) in [5.74, 6) is -1.74. The molecule has 0 atom stereocenters. The van der Waals surface area contributed by atoms with Crippen molar-refractivity contribution in [2.45, 2.75) is 12.8 Å². The van der Waals surface area contributed by atoms with Gasteiger partial charge in [0.25, 0.3) is 5.91 Å². The van der Waals surface area contributed by atoms with Gasteiger partial charge < -0.3 is 25.5 Å². The van der Waals surface area contributed by atoms with E-state index in [1.165, 1.54) is 12.1 Å². The molecule has 1 fully saturated rings. The lowest BCUT2D eigenvalue weighted by molar-refractivity contribution is -0.139. The molecule has 142 valence electrons. The number of nitrogens with one attached hydrogen (secondary N) is 1.